The number of carbonyl (C=O) groups is 5. The van der Waals surface area contributed by atoms with Crippen LogP contribution in [0.4, 0.5) is 0 Å². The quantitative estimate of drug-likeness (QED) is 0.206. The van der Waals surface area contributed by atoms with E-state index in [4.69, 9.17) is 5.11 Å². The van der Waals surface area contributed by atoms with Crippen LogP contribution >= 0.6 is 12.6 Å². The zero-order valence-corrected chi connectivity index (χ0v) is 13.9. The molecule has 1 aromatic rings. The number of benzene rings is 1. The lowest BCUT2D eigenvalue weighted by Gasteiger charge is -2.11. The van der Waals surface area contributed by atoms with Crippen LogP contribution in [-0.4, -0.2) is 59.5 Å². The summed E-state index contributed by atoms with van der Waals surface area (Å²) in [5.41, 5.74) is 0.317. The number of Topliss-reactive ketones (excluding diaryl/α,β-unsaturated/α-hetero) is 1. The molecular weight excluding hydrogens is 350 g/mol. The molecule has 3 amide bonds. The Kier molecular flexibility index (Phi) is 8.13. The fraction of sp³-hybridized carbons (Fsp3) is 0.267. The minimum Gasteiger partial charge on any atom is -0.480 e. The van der Waals surface area contributed by atoms with E-state index in [0.29, 0.717) is 5.56 Å². The molecule has 134 valence electrons. The van der Waals surface area contributed by atoms with Gasteiger partial charge in [-0.2, -0.15) is 12.6 Å². The van der Waals surface area contributed by atoms with E-state index in [2.05, 4.69) is 28.6 Å². The van der Waals surface area contributed by atoms with Crippen molar-refractivity contribution in [2.24, 2.45) is 0 Å². The van der Waals surface area contributed by atoms with Crippen molar-refractivity contribution >= 4 is 42.1 Å². The fourth-order valence-electron chi connectivity index (χ4n) is 1.62. The van der Waals surface area contributed by atoms with Crippen LogP contribution in [0.15, 0.2) is 30.3 Å². The first-order valence-electron chi connectivity index (χ1n) is 7.11. The van der Waals surface area contributed by atoms with Gasteiger partial charge in [-0.15, -0.1) is 0 Å². The number of carbonyl (C=O) groups excluding carboxylic acids is 4. The van der Waals surface area contributed by atoms with Crippen molar-refractivity contribution in [2.75, 3.05) is 19.6 Å². The average Bonchev–Trinajstić information content (AvgIpc) is 2.62. The summed E-state index contributed by atoms with van der Waals surface area (Å²) in [6, 6.07) is 8.10. The number of ketones is 1. The zero-order valence-electron chi connectivity index (χ0n) is 13.0. The van der Waals surface area contributed by atoms with Crippen LogP contribution in [0.1, 0.15) is 10.4 Å². The summed E-state index contributed by atoms with van der Waals surface area (Å²) in [4.78, 5) is 56.9. The van der Waals surface area contributed by atoms with Gasteiger partial charge >= 0.3 is 5.97 Å². The lowest BCUT2D eigenvalue weighted by molar-refractivity contribution is -0.137. The monoisotopic (exact) mass is 367 g/mol. The topological polar surface area (TPSA) is 142 Å². The molecule has 0 unspecified atom stereocenters. The Labute approximate surface area is 148 Å². The molecule has 1 aromatic carbocycles. The number of nitrogens with one attached hydrogen (secondary N) is 3. The van der Waals surface area contributed by atoms with E-state index < -0.39 is 54.4 Å². The molecule has 0 bridgehead atoms. The third-order valence-corrected chi connectivity index (χ3v) is 3.33. The number of aliphatic carboxylic acids is 1. The number of hydrogen-bond donors (Lipinski definition) is 5. The van der Waals surface area contributed by atoms with Crippen molar-refractivity contribution in [1.29, 1.82) is 0 Å². The van der Waals surface area contributed by atoms with Crippen LogP contribution in [0, 0.1) is 0 Å². The molecule has 1 rings (SSSR count). The van der Waals surface area contributed by atoms with Gasteiger partial charge in [0.1, 0.15) is 11.8 Å². The van der Waals surface area contributed by atoms with Crippen LogP contribution in [-0.2, 0) is 19.2 Å². The van der Waals surface area contributed by atoms with E-state index in [1.165, 1.54) is 0 Å². The molecule has 0 aliphatic rings. The van der Waals surface area contributed by atoms with Crippen molar-refractivity contribution in [2.45, 2.75) is 5.25 Å². The van der Waals surface area contributed by atoms with Gasteiger partial charge in [-0.05, 0) is 0 Å². The molecule has 1 atom stereocenters. The maximum atomic E-state index is 12.0. The van der Waals surface area contributed by atoms with E-state index in [-0.39, 0.29) is 0 Å². The highest BCUT2D eigenvalue weighted by molar-refractivity contribution is 7.82. The normalized spacial score (nSPS) is 11.1. The van der Waals surface area contributed by atoms with Gasteiger partial charge in [0.15, 0.2) is 5.78 Å². The van der Waals surface area contributed by atoms with E-state index in [1.807, 2.05) is 0 Å². The van der Waals surface area contributed by atoms with Crippen molar-refractivity contribution < 1.29 is 29.1 Å². The molecule has 0 heterocycles. The Hall–Kier alpha value is -2.88. The Morgan fingerprint density at radius 2 is 1.40 bits per heavy atom. The van der Waals surface area contributed by atoms with Gasteiger partial charge < -0.3 is 21.1 Å². The average molecular weight is 367 g/mol. The summed E-state index contributed by atoms with van der Waals surface area (Å²) in [6.45, 7) is -1.45. The van der Waals surface area contributed by atoms with Gasteiger partial charge in [-0.1, -0.05) is 30.3 Å². The number of thiol groups is 1. The van der Waals surface area contributed by atoms with Gasteiger partial charge in [0.25, 0.3) is 0 Å². The van der Waals surface area contributed by atoms with Crippen molar-refractivity contribution in [3.63, 3.8) is 0 Å². The lowest BCUT2D eigenvalue weighted by Crippen LogP contribution is -2.45. The minimum absolute atomic E-state index is 0.317. The highest BCUT2D eigenvalue weighted by Crippen LogP contribution is 2.08. The second-order valence-electron chi connectivity index (χ2n) is 4.80. The van der Waals surface area contributed by atoms with Crippen LogP contribution in [0.2, 0.25) is 0 Å². The third kappa shape index (κ3) is 7.48. The zero-order chi connectivity index (χ0) is 18.8. The highest BCUT2D eigenvalue weighted by atomic mass is 32.1. The van der Waals surface area contributed by atoms with Crippen LogP contribution < -0.4 is 16.0 Å². The molecule has 9 nitrogen and oxygen atoms in total. The second kappa shape index (κ2) is 10.1. The molecule has 0 saturated heterocycles. The third-order valence-electron chi connectivity index (χ3n) is 2.86. The summed E-state index contributed by atoms with van der Waals surface area (Å²) >= 11 is 3.95. The van der Waals surface area contributed by atoms with Crippen molar-refractivity contribution in [1.82, 2.24) is 16.0 Å². The molecule has 0 saturated carbocycles. The molecule has 0 fully saturated rings. The molecule has 25 heavy (non-hydrogen) atoms. The fourth-order valence-corrected chi connectivity index (χ4v) is 1.86. The Morgan fingerprint density at radius 3 is 1.96 bits per heavy atom. The lowest BCUT2D eigenvalue weighted by atomic mass is 10.1. The summed E-state index contributed by atoms with van der Waals surface area (Å²) in [7, 11) is 0. The van der Waals surface area contributed by atoms with E-state index in [1.54, 1.807) is 30.3 Å². The molecule has 0 spiro atoms. The van der Waals surface area contributed by atoms with Gasteiger partial charge in [0.2, 0.25) is 17.7 Å². The van der Waals surface area contributed by atoms with Gasteiger partial charge in [0, 0.05) is 5.56 Å². The van der Waals surface area contributed by atoms with Crippen LogP contribution in [0.25, 0.3) is 0 Å². The van der Waals surface area contributed by atoms with Crippen molar-refractivity contribution in [3.05, 3.63) is 35.9 Å². The number of hydrogen-bond acceptors (Lipinski definition) is 6. The number of amides is 3. The van der Waals surface area contributed by atoms with Crippen LogP contribution in [0.3, 0.4) is 0 Å². The number of carboxylic acid groups (broad SMARTS) is 1. The first kappa shape index (κ1) is 20.2. The molecule has 0 radical (unpaired) electrons. The van der Waals surface area contributed by atoms with Crippen molar-refractivity contribution in [3.8, 4) is 0 Å². The molecule has 0 aromatic heterocycles. The number of rotatable bonds is 9. The smallest absolute Gasteiger partial charge is 0.322 e. The highest BCUT2D eigenvalue weighted by Gasteiger charge is 2.23. The summed E-state index contributed by atoms with van der Waals surface area (Å²) in [6.07, 6.45) is 0. The van der Waals surface area contributed by atoms with E-state index in [0.717, 1.165) is 0 Å². The Bertz CT molecular complexity index is 664. The second-order valence-corrected chi connectivity index (χ2v) is 5.31. The van der Waals surface area contributed by atoms with Gasteiger partial charge in [0.05, 0.1) is 13.1 Å². The maximum absolute atomic E-state index is 12.0. The Balaban J connectivity index is 2.35. The summed E-state index contributed by atoms with van der Waals surface area (Å²) in [5, 5.41) is 13.6. The summed E-state index contributed by atoms with van der Waals surface area (Å²) < 4.78 is 0. The Morgan fingerprint density at radius 1 is 0.880 bits per heavy atom. The first-order valence-corrected chi connectivity index (χ1v) is 7.63. The predicted molar refractivity (Wildman–Crippen MR) is 90.2 cm³/mol. The molecular formula is C15H17N3O6S. The largest absolute Gasteiger partial charge is 0.480 e. The molecule has 4 N–H and O–H groups in total. The predicted octanol–water partition coefficient (Wildman–Crippen LogP) is -1.40. The molecule has 0 aliphatic carbocycles. The van der Waals surface area contributed by atoms with E-state index in [9.17, 15) is 24.0 Å². The summed E-state index contributed by atoms with van der Waals surface area (Å²) in [5.74, 6) is -3.83. The van der Waals surface area contributed by atoms with Gasteiger partial charge in [-0.3, -0.25) is 24.0 Å². The first-order chi connectivity index (χ1) is 11.8. The number of carboxylic acids is 1. The molecule has 0 aliphatic heterocycles. The molecule has 10 heteroatoms. The standard InChI is InChI=1S/C15H17N3O6S/c19-10(17-8-12(21)22)6-16-11(20)7-18-15(24)14(25)13(23)9-4-2-1-3-5-9/h1-5,14,25H,6-8H2,(H,16,20)(H,17,19)(H,18,24)(H,21,22)/t14-/m0/s1. The van der Waals surface area contributed by atoms with Crippen LogP contribution in [0.5, 0.6) is 0 Å². The van der Waals surface area contributed by atoms with Gasteiger partial charge in [-0.25, -0.2) is 0 Å². The minimum atomic E-state index is -1.27. The van der Waals surface area contributed by atoms with E-state index >= 15 is 0 Å². The SMILES string of the molecule is O=C(O)CNC(=O)CNC(=O)CNC(=O)[C@@H](S)C(=O)c1ccccc1. The maximum Gasteiger partial charge on any atom is 0.322 e.